The lowest BCUT2D eigenvalue weighted by Gasteiger charge is -2.29. The zero-order valence-corrected chi connectivity index (χ0v) is 17.6. The number of carbonyl (C=O) groups is 1. The van der Waals surface area contributed by atoms with E-state index in [4.69, 9.17) is 25.5 Å². The summed E-state index contributed by atoms with van der Waals surface area (Å²) < 4.78 is 16.3. The average molecular weight is 428 g/mol. The molecule has 0 atom stereocenters. The monoisotopic (exact) mass is 427 g/mol. The van der Waals surface area contributed by atoms with E-state index in [1.54, 1.807) is 0 Å². The molecule has 156 valence electrons. The molecule has 2 aromatic carbocycles. The fraction of sp³-hybridized carbons (Fsp3) is 0.304. The van der Waals surface area contributed by atoms with E-state index >= 15 is 0 Å². The zero-order chi connectivity index (χ0) is 21.3. The van der Waals surface area contributed by atoms with Crippen LogP contribution in [0.1, 0.15) is 22.3 Å². The molecule has 1 aliphatic heterocycles. The van der Waals surface area contributed by atoms with Gasteiger partial charge in [-0.2, -0.15) is 0 Å². The lowest BCUT2D eigenvalue weighted by Crippen LogP contribution is -2.33. The second-order valence-electron chi connectivity index (χ2n) is 7.37. The van der Waals surface area contributed by atoms with Gasteiger partial charge in [-0.3, -0.25) is 9.69 Å². The molecule has 6 nitrogen and oxygen atoms in total. The van der Waals surface area contributed by atoms with Crippen molar-refractivity contribution in [1.29, 1.82) is 0 Å². The van der Waals surface area contributed by atoms with Gasteiger partial charge in [-0.1, -0.05) is 23.7 Å². The third kappa shape index (κ3) is 4.06. The number of benzene rings is 2. The quantitative estimate of drug-likeness (QED) is 0.455. The SMILES string of the molecule is COC(=O)Cc1c(C)c2ccc3c(c2oc1=O)CN(CCc1ccc(Cl)cc1)CO3. The van der Waals surface area contributed by atoms with Crippen molar-refractivity contribution < 1.29 is 18.7 Å². The average Bonchev–Trinajstić information content (AvgIpc) is 2.75. The van der Waals surface area contributed by atoms with Gasteiger partial charge in [0, 0.05) is 23.5 Å². The number of rotatable bonds is 5. The number of halogens is 1. The molecule has 7 heteroatoms. The predicted molar refractivity (Wildman–Crippen MR) is 114 cm³/mol. The molecule has 0 spiro atoms. The number of aryl methyl sites for hydroxylation is 1. The number of carbonyl (C=O) groups excluding carboxylic acids is 1. The predicted octanol–water partition coefficient (Wildman–Crippen LogP) is 3.86. The highest BCUT2D eigenvalue weighted by Gasteiger charge is 2.24. The first-order valence-corrected chi connectivity index (χ1v) is 10.1. The molecule has 0 N–H and O–H groups in total. The summed E-state index contributed by atoms with van der Waals surface area (Å²) in [7, 11) is 1.30. The van der Waals surface area contributed by atoms with E-state index in [1.165, 1.54) is 12.7 Å². The van der Waals surface area contributed by atoms with E-state index < -0.39 is 11.6 Å². The molecule has 0 saturated heterocycles. The van der Waals surface area contributed by atoms with E-state index in [-0.39, 0.29) is 6.42 Å². The first-order valence-electron chi connectivity index (χ1n) is 9.71. The normalized spacial score (nSPS) is 13.7. The first kappa shape index (κ1) is 20.4. The van der Waals surface area contributed by atoms with Crippen LogP contribution in [0.3, 0.4) is 0 Å². The molecule has 3 aromatic rings. The third-order valence-electron chi connectivity index (χ3n) is 5.48. The molecule has 0 aliphatic carbocycles. The van der Waals surface area contributed by atoms with Crippen molar-refractivity contribution in [3.63, 3.8) is 0 Å². The van der Waals surface area contributed by atoms with Crippen molar-refractivity contribution in [3.8, 4) is 5.75 Å². The smallest absolute Gasteiger partial charge is 0.340 e. The summed E-state index contributed by atoms with van der Waals surface area (Å²) in [5.74, 6) is 0.243. The van der Waals surface area contributed by atoms with Gasteiger partial charge in [0.1, 0.15) is 18.1 Å². The first-order chi connectivity index (χ1) is 14.5. The number of nitrogens with zero attached hydrogens (tertiary/aromatic N) is 1. The van der Waals surface area contributed by atoms with Crippen LogP contribution in [-0.4, -0.2) is 31.3 Å². The maximum atomic E-state index is 12.6. The third-order valence-corrected chi connectivity index (χ3v) is 5.73. The van der Waals surface area contributed by atoms with E-state index in [1.807, 2.05) is 43.3 Å². The number of methoxy groups -OCH3 is 1. The van der Waals surface area contributed by atoms with Gasteiger partial charge in [0.15, 0.2) is 0 Å². The van der Waals surface area contributed by atoms with E-state index in [2.05, 4.69) is 4.90 Å². The molecule has 30 heavy (non-hydrogen) atoms. The van der Waals surface area contributed by atoms with Crippen molar-refractivity contribution in [1.82, 2.24) is 4.90 Å². The lowest BCUT2D eigenvalue weighted by atomic mass is 10.00. The highest BCUT2D eigenvalue weighted by Crippen LogP contribution is 2.33. The second kappa shape index (κ2) is 8.50. The topological polar surface area (TPSA) is 69.0 Å². The van der Waals surface area contributed by atoms with Gasteiger partial charge in [-0.25, -0.2) is 4.79 Å². The van der Waals surface area contributed by atoms with Crippen LogP contribution in [-0.2, 0) is 28.9 Å². The van der Waals surface area contributed by atoms with E-state index in [9.17, 15) is 9.59 Å². The fourth-order valence-corrected chi connectivity index (χ4v) is 3.84. The summed E-state index contributed by atoms with van der Waals surface area (Å²) in [6, 6.07) is 11.6. The van der Waals surface area contributed by atoms with Gasteiger partial charge in [0.05, 0.1) is 24.7 Å². The van der Waals surface area contributed by atoms with Crippen molar-refractivity contribution in [2.75, 3.05) is 20.4 Å². The molecule has 0 radical (unpaired) electrons. The van der Waals surface area contributed by atoms with Crippen molar-refractivity contribution in [2.24, 2.45) is 0 Å². The summed E-state index contributed by atoms with van der Waals surface area (Å²) in [5.41, 5.74) is 3.09. The zero-order valence-electron chi connectivity index (χ0n) is 16.9. The van der Waals surface area contributed by atoms with Crippen molar-refractivity contribution in [2.45, 2.75) is 26.3 Å². The molecule has 0 bridgehead atoms. The van der Waals surface area contributed by atoms with Gasteiger partial charge >= 0.3 is 11.6 Å². The van der Waals surface area contributed by atoms with Gasteiger partial charge in [0.2, 0.25) is 0 Å². The van der Waals surface area contributed by atoms with Crippen LogP contribution in [0.15, 0.2) is 45.6 Å². The summed E-state index contributed by atoms with van der Waals surface area (Å²) in [4.78, 5) is 26.4. The van der Waals surface area contributed by atoms with E-state index in [0.717, 1.165) is 34.5 Å². The maximum Gasteiger partial charge on any atom is 0.340 e. The standard InChI is InChI=1S/C23H22ClNO5/c1-14-17-7-8-20-19(22(17)30-23(27)18(14)11-21(26)28-2)12-25(13-29-20)10-9-15-3-5-16(24)6-4-15/h3-8H,9-13H2,1-2H3. The van der Waals surface area contributed by atoms with Crippen LogP contribution < -0.4 is 10.4 Å². The molecule has 1 aliphatic rings. The van der Waals surface area contributed by atoms with Gasteiger partial charge in [0.25, 0.3) is 0 Å². The maximum absolute atomic E-state index is 12.6. The Morgan fingerprint density at radius 1 is 1.20 bits per heavy atom. The Hall–Kier alpha value is -2.83. The van der Waals surface area contributed by atoms with Crippen molar-refractivity contribution in [3.05, 3.63) is 74.1 Å². The Morgan fingerprint density at radius 3 is 2.70 bits per heavy atom. The Labute approximate surface area is 179 Å². The molecule has 2 heterocycles. The Kier molecular flexibility index (Phi) is 5.79. The second-order valence-corrected chi connectivity index (χ2v) is 7.80. The molecule has 0 fully saturated rings. The van der Waals surface area contributed by atoms with Gasteiger partial charge < -0.3 is 13.9 Å². The van der Waals surface area contributed by atoms with Crippen LogP contribution in [0.4, 0.5) is 0 Å². The summed E-state index contributed by atoms with van der Waals surface area (Å²) >= 11 is 5.95. The van der Waals surface area contributed by atoms with E-state index in [0.29, 0.717) is 30.2 Å². The Balaban J connectivity index is 1.61. The highest BCUT2D eigenvalue weighted by molar-refractivity contribution is 6.30. The number of hydrogen-bond donors (Lipinski definition) is 0. The largest absolute Gasteiger partial charge is 0.478 e. The molecule has 0 amide bonds. The summed E-state index contributed by atoms with van der Waals surface area (Å²) in [6.45, 7) is 3.70. The lowest BCUT2D eigenvalue weighted by molar-refractivity contribution is -0.139. The Bertz CT molecular complexity index is 1150. The van der Waals surface area contributed by atoms with Gasteiger partial charge in [-0.15, -0.1) is 0 Å². The molecule has 0 unspecified atom stereocenters. The van der Waals surface area contributed by atoms with Gasteiger partial charge in [-0.05, 0) is 48.7 Å². The van der Waals surface area contributed by atoms with Crippen LogP contribution >= 0.6 is 11.6 Å². The number of ether oxygens (including phenoxy) is 2. The van der Waals surface area contributed by atoms with Crippen LogP contribution in [0.5, 0.6) is 5.75 Å². The minimum atomic E-state index is -0.517. The van der Waals surface area contributed by atoms with Crippen LogP contribution in [0.25, 0.3) is 11.0 Å². The summed E-state index contributed by atoms with van der Waals surface area (Å²) in [5, 5.41) is 1.52. The minimum Gasteiger partial charge on any atom is -0.478 e. The molecule has 0 saturated carbocycles. The summed E-state index contributed by atoms with van der Waals surface area (Å²) in [6.07, 6.45) is 0.744. The van der Waals surface area contributed by atoms with Crippen LogP contribution in [0.2, 0.25) is 5.02 Å². The highest BCUT2D eigenvalue weighted by atomic mass is 35.5. The number of fused-ring (bicyclic) bond motifs is 3. The fourth-order valence-electron chi connectivity index (χ4n) is 3.71. The molecule has 1 aromatic heterocycles. The van der Waals surface area contributed by atoms with Crippen molar-refractivity contribution >= 4 is 28.5 Å². The molecular formula is C23H22ClNO5. The Morgan fingerprint density at radius 2 is 1.97 bits per heavy atom. The molecular weight excluding hydrogens is 406 g/mol. The van der Waals surface area contributed by atoms with Crippen LogP contribution in [0, 0.1) is 6.92 Å². The number of esters is 1. The minimum absolute atomic E-state index is 0.110. The number of hydrogen-bond acceptors (Lipinski definition) is 6. The molecule has 4 rings (SSSR count).